The van der Waals surface area contributed by atoms with Crippen LogP contribution in [-0.2, 0) is 6.42 Å². The van der Waals surface area contributed by atoms with Crippen molar-refractivity contribution in [2.75, 3.05) is 0 Å². The number of benzene rings is 1. The largest absolute Gasteiger partial charge is 0.206 e. The first kappa shape index (κ1) is 20.8. The molecule has 26 heavy (non-hydrogen) atoms. The number of hydrogen-bond donors (Lipinski definition) is 0. The first-order valence-corrected chi connectivity index (χ1v) is 10.7. The molecule has 0 aromatic heterocycles. The van der Waals surface area contributed by atoms with E-state index in [0.717, 1.165) is 24.3 Å². The summed E-state index contributed by atoms with van der Waals surface area (Å²) in [7, 11) is 0. The minimum absolute atomic E-state index is 0.184. The molecule has 1 aliphatic rings. The average Bonchev–Trinajstić information content (AvgIpc) is 2.66. The molecule has 1 aromatic carbocycles. The molecular weight excluding hydrogens is 319 g/mol. The van der Waals surface area contributed by atoms with Crippen molar-refractivity contribution in [3.63, 3.8) is 0 Å². The van der Waals surface area contributed by atoms with Gasteiger partial charge in [0.1, 0.15) is 5.82 Å². The highest BCUT2D eigenvalue weighted by atomic mass is 19.1. The second-order valence-electron chi connectivity index (χ2n) is 7.82. The summed E-state index contributed by atoms with van der Waals surface area (Å²) in [6.07, 6.45) is 18.0. The minimum atomic E-state index is -0.184. The Morgan fingerprint density at radius 3 is 2.50 bits per heavy atom. The SMILES string of the molecule is CCCCCc1ccc(C#C/C=C/[C@H]2CC[C@H](CCCC)CC2)c(F)c1. The molecule has 0 N–H and O–H groups in total. The van der Waals surface area contributed by atoms with Crippen molar-refractivity contribution >= 4 is 0 Å². The van der Waals surface area contributed by atoms with E-state index in [4.69, 9.17) is 0 Å². The van der Waals surface area contributed by atoms with E-state index in [1.807, 2.05) is 18.2 Å². The standard InChI is InChI=1S/C25H35F/c1-3-5-7-12-23-18-19-24(25(26)20-23)13-9-8-11-22-16-14-21(15-17-22)10-6-4-2/h8,11,18-22H,3-7,10,12,14-17H2,1-2H3/b11-8+/t21-,22-. The Morgan fingerprint density at radius 2 is 1.81 bits per heavy atom. The van der Waals surface area contributed by atoms with Gasteiger partial charge < -0.3 is 0 Å². The van der Waals surface area contributed by atoms with Crippen molar-refractivity contribution in [2.45, 2.75) is 84.5 Å². The zero-order valence-electron chi connectivity index (χ0n) is 16.7. The third-order valence-electron chi connectivity index (χ3n) is 5.62. The van der Waals surface area contributed by atoms with Gasteiger partial charge >= 0.3 is 0 Å². The maximum atomic E-state index is 14.2. The zero-order chi connectivity index (χ0) is 18.6. The van der Waals surface area contributed by atoms with Crippen molar-refractivity contribution < 1.29 is 4.39 Å². The molecule has 1 aliphatic carbocycles. The van der Waals surface area contributed by atoms with Gasteiger partial charge in [-0.15, -0.1) is 0 Å². The Kier molecular flexibility index (Phi) is 9.54. The van der Waals surface area contributed by atoms with E-state index in [9.17, 15) is 4.39 Å². The lowest BCUT2D eigenvalue weighted by Gasteiger charge is -2.26. The smallest absolute Gasteiger partial charge is 0.139 e. The molecular formula is C25H35F. The lowest BCUT2D eigenvalue weighted by Crippen LogP contribution is -2.12. The van der Waals surface area contributed by atoms with Crippen LogP contribution in [0.15, 0.2) is 30.4 Å². The van der Waals surface area contributed by atoms with Crippen molar-refractivity contribution in [2.24, 2.45) is 11.8 Å². The first-order chi connectivity index (χ1) is 12.7. The quantitative estimate of drug-likeness (QED) is 0.335. The normalized spacial score (nSPS) is 20.1. The molecule has 0 amide bonds. The van der Waals surface area contributed by atoms with Crippen LogP contribution in [0, 0.1) is 29.5 Å². The third kappa shape index (κ3) is 7.36. The van der Waals surface area contributed by atoms with Gasteiger partial charge in [0.15, 0.2) is 0 Å². The van der Waals surface area contributed by atoms with E-state index in [1.165, 1.54) is 57.8 Å². The Bertz CT molecular complexity index is 609. The van der Waals surface area contributed by atoms with Crippen molar-refractivity contribution in [1.29, 1.82) is 0 Å². The maximum Gasteiger partial charge on any atom is 0.139 e. The Balaban J connectivity index is 1.79. The van der Waals surface area contributed by atoms with E-state index in [2.05, 4.69) is 31.8 Å². The molecule has 0 radical (unpaired) electrons. The second kappa shape index (κ2) is 11.9. The summed E-state index contributed by atoms with van der Waals surface area (Å²) in [4.78, 5) is 0. The Hall–Kier alpha value is -1.55. The summed E-state index contributed by atoms with van der Waals surface area (Å²) in [6, 6.07) is 5.50. The van der Waals surface area contributed by atoms with Gasteiger partial charge in [-0.2, -0.15) is 0 Å². The van der Waals surface area contributed by atoms with Crippen molar-refractivity contribution in [3.05, 3.63) is 47.3 Å². The molecule has 0 aliphatic heterocycles. The molecule has 0 unspecified atom stereocenters. The summed E-state index contributed by atoms with van der Waals surface area (Å²) in [5, 5.41) is 0. The van der Waals surface area contributed by atoms with Crippen LogP contribution in [-0.4, -0.2) is 0 Å². The molecule has 0 bridgehead atoms. The monoisotopic (exact) mass is 354 g/mol. The van der Waals surface area contributed by atoms with Gasteiger partial charge in [0.25, 0.3) is 0 Å². The van der Waals surface area contributed by atoms with E-state index >= 15 is 0 Å². The molecule has 142 valence electrons. The molecule has 1 aromatic rings. The highest BCUT2D eigenvalue weighted by molar-refractivity contribution is 5.39. The topological polar surface area (TPSA) is 0 Å². The van der Waals surface area contributed by atoms with Crippen LogP contribution in [0.4, 0.5) is 4.39 Å². The fraction of sp³-hybridized carbons (Fsp3) is 0.600. The van der Waals surface area contributed by atoms with Crippen LogP contribution in [0.2, 0.25) is 0 Å². The molecule has 1 heteroatoms. The minimum Gasteiger partial charge on any atom is -0.206 e. The molecule has 0 heterocycles. The third-order valence-corrected chi connectivity index (χ3v) is 5.62. The van der Waals surface area contributed by atoms with E-state index < -0.39 is 0 Å². The maximum absolute atomic E-state index is 14.2. The molecule has 2 rings (SSSR count). The Morgan fingerprint density at radius 1 is 1.04 bits per heavy atom. The summed E-state index contributed by atoms with van der Waals surface area (Å²) >= 11 is 0. The number of aryl methyl sites for hydroxylation is 1. The van der Waals surface area contributed by atoms with E-state index in [-0.39, 0.29) is 5.82 Å². The average molecular weight is 355 g/mol. The summed E-state index contributed by atoms with van der Waals surface area (Å²) in [5.74, 6) is 7.42. The second-order valence-corrected chi connectivity index (χ2v) is 7.82. The van der Waals surface area contributed by atoms with Crippen LogP contribution < -0.4 is 0 Å². The summed E-state index contributed by atoms with van der Waals surface area (Å²) in [5.41, 5.74) is 1.59. The molecule has 1 saturated carbocycles. The van der Waals surface area contributed by atoms with Crippen LogP contribution in [0.3, 0.4) is 0 Å². The number of halogens is 1. The van der Waals surface area contributed by atoms with Gasteiger partial charge in [0.2, 0.25) is 0 Å². The van der Waals surface area contributed by atoms with Crippen LogP contribution in [0.25, 0.3) is 0 Å². The molecule has 0 atom stereocenters. The molecule has 1 fully saturated rings. The van der Waals surface area contributed by atoms with Crippen molar-refractivity contribution in [3.8, 4) is 11.8 Å². The van der Waals surface area contributed by atoms with Gasteiger partial charge in [-0.1, -0.05) is 69.9 Å². The highest BCUT2D eigenvalue weighted by Crippen LogP contribution is 2.32. The zero-order valence-corrected chi connectivity index (χ0v) is 16.7. The highest BCUT2D eigenvalue weighted by Gasteiger charge is 2.18. The number of allylic oxidation sites excluding steroid dienone is 2. The predicted molar refractivity (Wildman–Crippen MR) is 111 cm³/mol. The first-order valence-electron chi connectivity index (χ1n) is 10.7. The number of rotatable bonds is 8. The van der Waals surface area contributed by atoms with E-state index in [1.54, 1.807) is 6.07 Å². The lowest BCUT2D eigenvalue weighted by atomic mass is 9.80. The summed E-state index contributed by atoms with van der Waals surface area (Å²) in [6.45, 7) is 4.46. The molecule has 0 saturated heterocycles. The summed E-state index contributed by atoms with van der Waals surface area (Å²) < 4.78 is 14.2. The van der Waals surface area contributed by atoms with E-state index in [0.29, 0.717) is 11.5 Å². The number of hydrogen-bond acceptors (Lipinski definition) is 0. The molecule has 0 spiro atoms. The van der Waals surface area contributed by atoms with Gasteiger partial charge in [-0.3, -0.25) is 0 Å². The van der Waals surface area contributed by atoms with Gasteiger partial charge in [-0.25, -0.2) is 4.39 Å². The fourth-order valence-electron chi connectivity index (χ4n) is 3.86. The lowest BCUT2D eigenvalue weighted by molar-refractivity contribution is 0.291. The van der Waals surface area contributed by atoms with Crippen molar-refractivity contribution in [1.82, 2.24) is 0 Å². The van der Waals surface area contributed by atoms with Gasteiger partial charge in [0, 0.05) is 0 Å². The van der Waals surface area contributed by atoms with Gasteiger partial charge in [-0.05, 0) is 74.1 Å². The van der Waals surface area contributed by atoms with Gasteiger partial charge in [0.05, 0.1) is 5.56 Å². The predicted octanol–water partition coefficient (Wildman–Crippen LogP) is 7.46. The van der Waals surface area contributed by atoms with Crippen LogP contribution in [0.5, 0.6) is 0 Å². The Labute approximate surface area is 160 Å². The van der Waals surface area contributed by atoms with Crippen LogP contribution >= 0.6 is 0 Å². The fourth-order valence-corrected chi connectivity index (χ4v) is 3.86. The number of unbranched alkanes of at least 4 members (excludes halogenated alkanes) is 3. The van der Waals surface area contributed by atoms with Crippen LogP contribution in [0.1, 0.15) is 89.2 Å². The molecule has 0 nitrogen and oxygen atoms in total.